The SMILES string of the molecule is CC1=Nc2cc(F)cc(F)c2C1(C)C. The lowest BCUT2D eigenvalue weighted by Crippen LogP contribution is -2.24. The molecular weight excluding hydrogens is 184 g/mol. The smallest absolute Gasteiger partial charge is 0.132 e. The Labute approximate surface area is 81.5 Å². The van der Waals surface area contributed by atoms with Crippen LogP contribution in [0, 0.1) is 11.6 Å². The van der Waals surface area contributed by atoms with Crippen LogP contribution in [0.4, 0.5) is 14.5 Å². The van der Waals surface area contributed by atoms with Crippen LogP contribution in [0.15, 0.2) is 17.1 Å². The molecule has 0 amide bonds. The molecule has 0 aromatic heterocycles. The Morgan fingerprint density at radius 1 is 1.21 bits per heavy atom. The minimum atomic E-state index is -0.574. The summed E-state index contributed by atoms with van der Waals surface area (Å²) in [4.78, 5) is 4.16. The number of benzene rings is 1. The van der Waals surface area contributed by atoms with Gasteiger partial charge >= 0.3 is 0 Å². The summed E-state index contributed by atoms with van der Waals surface area (Å²) in [7, 11) is 0. The molecule has 14 heavy (non-hydrogen) atoms. The Morgan fingerprint density at radius 3 is 2.50 bits per heavy atom. The Bertz CT molecular complexity index is 433. The van der Waals surface area contributed by atoms with Crippen molar-refractivity contribution in [3.05, 3.63) is 29.3 Å². The van der Waals surface area contributed by atoms with E-state index in [0.717, 1.165) is 11.8 Å². The van der Waals surface area contributed by atoms with Gasteiger partial charge in [-0.1, -0.05) is 13.8 Å². The van der Waals surface area contributed by atoms with Crippen LogP contribution in [0.2, 0.25) is 0 Å². The normalized spacial score (nSPS) is 17.9. The molecule has 1 aromatic rings. The van der Waals surface area contributed by atoms with E-state index in [1.54, 1.807) is 0 Å². The summed E-state index contributed by atoms with van der Waals surface area (Å²) in [6.07, 6.45) is 0. The predicted octanol–water partition coefficient (Wildman–Crippen LogP) is 3.35. The van der Waals surface area contributed by atoms with Crippen LogP contribution in [-0.2, 0) is 5.41 Å². The molecule has 0 saturated heterocycles. The largest absolute Gasteiger partial charge is 0.257 e. The summed E-state index contributed by atoms with van der Waals surface area (Å²) in [5.41, 5.74) is 1.31. The van der Waals surface area contributed by atoms with Crippen LogP contribution in [-0.4, -0.2) is 5.71 Å². The Kier molecular flexibility index (Phi) is 1.74. The van der Waals surface area contributed by atoms with Crippen LogP contribution in [0.3, 0.4) is 0 Å². The summed E-state index contributed by atoms with van der Waals surface area (Å²) in [6.45, 7) is 5.61. The molecule has 0 aliphatic carbocycles. The molecule has 0 spiro atoms. The lowest BCUT2D eigenvalue weighted by molar-refractivity contribution is 0.555. The van der Waals surface area contributed by atoms with Crippen molar-refractivity contribution in [2.24, 2.45) is 4.99 Å². The van der Waals surface area contributed by atoms with Crippen molar-refractivity contribution in [3.63, 3.8) is 0 Å². The van der Waals surface area contributed by atoms with Crippen molar-refractivity contribution in [2.45, 2.75) is 26.2 Å². The molecule has 0 unspecified atom stereocenters. The maximum absolute atomic E-state index is 13.5. The second kappa shape index (κ2) is 2.62. The van der Waals surface area contributed by atoms with E-state index in [-0.39, 0.29) is 0 Å². The van der Waals surface area contributed by atoms with Gasteiger partial charge in [0.05, 0.1) is 5.69 Å². The highest BCUT2D eigenvalue weighted by atomic mass is 19.1. The number of rotatable bonds is 0. The van der Waals surface area contributed by atoms with Crippen molar-refractivity contribution in [3.8, 4) is 0 Å². The van der Waals surface area contributed by atoms with Gasteiger partial charge in [0.25, 0.3) is 0 Å². The van der Waals surface area contributed by atoms with Crippen LogP contribution >= 0.6 is 0 Å². The Balaban J connectivity index is 2.73. The molecule has 1 aromatic carbocycles. The van der Waals surface area contributed by atoms with Crippen molar-refractivity contribution in [1.82, 2.24) is 0 Å². The van der Waals surface area contributed by atoms with Crippen molar-refractivity contribution in [2.75, 3.05) is 0 Å². The number of fused-ring (bicyclic) bond motifs is 1. The van der Waals surface area contributed by atoms with Gasteiger partial charge in [-0.15, -0.1) is 0 Å². The van der Waals surface area contributed by atoms with Crippen LogP contribution in [0.1, 0.15) is 26.3 Å². The van der Waals surface area contributed by atoms with E-state index in [1.165, 1.54) is 6.07 Å². The van der Waals surface area contributed by atoms with Gasteiger partial charge in [-0.05, 0) is 13.0 Å². The van der Waals surface area contributed by atoms with Gasteiger partial charge in [-0.3, -0.25) is 4.99 Å². The van der Waals surface area contributed by atoms with E-state index in [2.05, 4.69) is 4.99 Å². The van der Waals surface area contributed by atoms with E-state index in [1.807, 2.05) is 20.8 Å². The average Bonchev–Trinajstić information content (AvgIpc) is 2.21. The van der Waals surface area contributed by atoms with Crippen molar-refractivity contribution < 1.29 is 8.78 Å². The summed E-state index contributed by atoms with van der Waals surface area (Å²) >= 11 is 0. The van der Waals surface area contributed by atoms with Gasteiger partial charge in [0.15, 0.2) is 0 Å². The highest BCUT2D eigenvalue weighted by Gasteiger charge is 2.35. The fourth-order valence-corrected chi connectivity index (χ4v) is 1.77. The predicted molar refractivity (Wildman–Crippen MR) is 52.2 cm³/mol. The molecule has 74 valence electrons. The average molecular weight is 195 g/mol. The Hall–Kier alpha value is -1.25. The lowest BCUT2D eigenvalue weighted by Gasteiger charge is -2.20. The molecule has 0 bridgehead atoms. The van der Waals surface area contributed by atoms with Crippen LogP contribution in [0.25, 0.3) is 0 Å². The first-order valence-corrected chi connectivity index (χ1v) is 4.48. The van der Waals surface area contributed by atoms with Crippen molar-refractivity contribution >= 4 is 11.4 Å². The highest BCUT2D eigenvalue weighted by Crippen LogP contribution is 2.41. The van der Waals surface area contributed by atoms with E-state index in [0.29, 0.717) is 11.3 Å². The number of hydrogen-bond donors (Lipinski definition) is 0. The summed E-state index contributed by atoms with van der Waals surface area (Å²) in [6, 6.07) is 2.19. The molecular formula is C11H11F2N. The third kappa shape index (κ3) is 1.08. The number of aliphatic imine (C=N–C) groups is 1. The summed E-state index contributed by atoms with van der Waals surface area (Å²) in [5.74, 6) is -1.08. The molecule has 0 N–H and O–H groups in total. The quantitative estimate of drug-likeness (QED) is 0.602. The highest BCUT2D eigenvalue weighted by molar-refractivity contribution is 5.99. The monoisotopic (exact) mass is 195 g/mol. The third-order valence-electron chi connectivity index (χ3n) is 2.85. The van der Waals surface area contributed by atoms with E-state index < -0.39 is 17.0 Å². The zero-order chi connectivity index (χ0) is 10.5. The molecule has 1 aliphatic heterocycles. The molecule has 1 nitrogen and oxygen atoms in total. The number of halogens is 2. The molecule has 0 radical (unpaired) electrons. The van der Waals surface area contributed by atoms with E-state index in [9.17, 15) is 8.78 Å². The van der Waals surface area contributed by atoms with Crippen LogP contribution in [0.5, 0.6) is 0 Å². The van der Waals surface area contributed by atoms with Crippen molar-refractivity contribution in [1.29, 1.82) is 0 Å². The zero-order valence-electron chi connectivity index (χ0n) is 8.36. The maximum atomic E-state index is 13.5. The first kappa shape index (κ1) is 9.31. The topological polar surface area (TPSA) is 12.4 Å². The van der Waals surface area contributed by atoms with E-state index in [4.69, 9.17) is 0 Å². The minimum Gasteiger partial charge on any atom is -0.257 e. The molecule has 0 fully saturated rings. The minimum absolute atomic E-state index is 0.421. The first-order valence-electron chi connectivity index (χ1n) is 4.48. The van der Waals surface area contributed by atoms with Gasteiger partial charge in [0, 0.05) is 22.8 Å². The second-order valence-corrected chi connectivity index (χ2v) is 4.10. The van der Waals surface area contributed by atoms with Crippen LogP contribution < -0.4 is 0 Å². The van der Waals surface area contributed by atoms with E-state index >= 15 is 0 Å². The fraction of sp³-hybridized carbons (Fsp3) is 0.364. The van der Waals surface area contributed by atoms with Gasteiger partial charge in [0.1, 0.15) is 11.6 Å². The van der Waals surface area contributed by atoms with Gasteiger partial charge in [-0.2, -0.15) is 0 Å². The van der Waals surface area contributed by atoms with Gasteiger partial charge in [-0.25, -0.2) is 8.78 Å². The third-order valence-corrected chi connectivity index (χ3v) is 2.85. The standard InChI is InChI=1S/C11H11F2N/c1-6-11(2,3)10-8(13)4-7(12)5-9(10)14-6/h4-5H,1-3H3. The number of hydrogen-bond acceptors (Lipinski definition) is 1. The fourth-order valence-electron chi connectivity index (χ4n) is 1.77. The molecule has 0 atom stereocenters. The molecule has 1 heterocycles. The maximum Gasteiger partial charge on any atom is 0.132 e. The Morgan fingerprint density at radius 2 is 1.86 bits per heavy atom. The lowest BCUT2D eigenvalue weighted by atomic mass is 9.82. The van der Waals surface area contributed by atoms with Gasteiger partial charge in [0.2, 0.25) is 0 Å². The van der Waals surface area contributed by atoms with Gasteiger partial charge < -0.3 is 0 Å². The zero-order valence-corrected chi connectivity index (χ0v) is 8.36. The molecule has 0 saturated carbocycles. The second-order valence-electron chi connectivity index (χ2n) is 4.10. The molecule has 1 aliphatic rings. The first-order chi connectivity index (χ1) is 6.43. The molecule has 3 heteroatoms. The number of nitrogens with zero attached hydrogens (tertiary/aromatic N) is 1. The molecule has 2 rings (SSSR count). The summed E-state index contributed by atoms with van der Waals surface area (Å²) < 4.78 is 26.4. The summed E-state index contributed by atoms with van der Waals surface area (Å²) in [5, 5.41) is 0.